The zero-order valence-corrected chi connectivity index (χ0v) is 39.2. The quantitative estimate of drug-likeness (QED) is 0.167. The van der Waals surface area contributed by atoms with Crippen molar-refractivity contribution >= 4 is 17.1 Å². The molecule has 13 rings (SSSR count). The number of fused-ring (bicyclic) bond motifs is 5. The lowest BCUT2D eigenvalue weighted by Gasteiger charge is -2.61. The highest BCUT2D eigenvalue weighted by Crippen LogP contribution is 2.70. The van der Waals surface area contributed by atoms with E-state index in [1.54, 1.807) is 11.1 Å². The van der Waals surface area contributed by atoms with Crippen molar-refractivity contribution in [2.75, 3.05) is 4.90 Å². The highest BCUT2D eigenvalue weighted by Gasteiger charge is 2.62. The number of hydrogen-bond acceptors (Lipinski definition) is 1. The largest absolute Gasteiger partial charge is 0.310 e. The van der Waals surface area contributed by atoms with Crippen LogP contribution in [-0.4, -0.2) is 0 Å². The first-order valence-corrected chi connectivity index (χ1v) is 24.7. The van der Waals surface area contributed by atoms with Crippen LogP contribution in [0.5, 0.6) is 0 Å². The molecule has 6 aromatic rings. The second-order valence-electron chi connectivity index (χ2n) is 23.9. The van der Waals surface area contributed by atoms with Gasteiger partial charge in [0.25, 0.3) is 0 Å². The average Bonchev–Trinajstić information content (AvgIpc) is 3.57. The summed E-state index contributed by atoms with van der Waals surface area (Å²) in [4.78, 5) is 2.59. The van der Waals surface area contributed by atoms with E-state index in [0.717, 1.165) is 23.7 Å². The fourth-order valence-corrected chi connectivity index (χ4v) is 14.9. The number of rotatable bonds is 5. The molecular formula is C62H67N. The van der Waals surface area contributed by atoms with Crippen molar-refractivity contribution in [1.82, 2.24) is 0 Å². The van der Waals surface area contributed by atoms with E-state index in [1.807, 2.05) is 0 Å². The minimum atomic E-state index is 0.123. The van der Waals surface area contributed by atoms with Gasteiger partial charge in [0, 0.05) is 22.4 Å². The van der Waals surface area contributed by atoms with Crippen LogP contribution in [0.15, 0.2) is 127 Å². The molecule has 0 aliphatic heterocycles. The third-order valence-electron chi connectivity index (χ3n) is 18.4. The Labute approximate surface area is 378 Å². The minimum absolute atomic E-state index is 0.123. The predicted molar refractivity (Wildman–Crippen MR) is 266 cm³/mol. The summed E-state index contributed by atoms with van der Waals surface area (Å²) in [5.41, 5.74) is 22.0. The van der Waals surface area contributed by atoms with Crippen LogP contribution in [0.25, 0.3) is 33.4 Å². The first kappa shape index (κ1) is 39.7. The lowest BCUT2D eigenvalue weighted by atomic mass is 9.43. The van der Waals surface area contributed by atoms with Gasteiger partial charge in [-0.05, 0) is 195 Å². The molecule has 4 saturated carbocycles. The van der Waals surface area contributed by atoms with E-state index in [2.05, 4.69) is 188 Å². The lowest BCUT2D eigenvalue weighted by molar-refractivity contribution is -0.0399. The molecule has 7 aliphatic carbocycles. The molecule has 7 aliphatic rings. The first-order valence-electron chi connectivity index (χ1n) is 24.7. The zero-order chi connectivity index (χ0) is 43.3. The van der Waals surface area contributed by atoms with Gasteiger partial charge >= 0.3 is 0 Å². The van der Waals surface area contributed by atoms with Crippen LogP contribution >= 0.6 is 0 Å². The average molecular weight is 826 g/mol. The molecule has 0 N–H and O–H groups in total. The van der Waals surface area contributed by atoms with Gasteiger partial charge in [-0.1, -0.05) is 152 Å². The van der Waals surface area contributed by atoms with Crippen molar-refractivity contribution < 1.29 is 0 Å². The highest BCUT2D eigenvalue weighted by atomic mass is 15.1. The minimum Gasteiger partial charge on any atom is -0.310 e. The Bertz CT molecular complexity index is 2640. The van der Waals surface area contributed by atoms with Crippen LogP contribution in [0.1, 0.15) is 147 Å². The van der Waals surface area contributed by atoms with Crippen LogP contribution in [0.2, 0.25) is 0 Å². The normalized spacial score (nSPS) is 27.0. The van der Waals surface area contributed by atoms with E-state index in [1.165, 1.54) is 130 Å². The van der Waals surface area contributed by atoms with Crippen LogP contribution in [0, 0.1) is 23.7 Å². The second-order valence-corrected chi connectivity index (χ2v) is 23.9. The van der Waals surface area contributed by atoms with Gasteiger partial charge in [0.05, 0.1) is 5.69 Å². The van der Waals surface area contributed by atoms with Crippen LogP contribution in [-0.2, 0) is 27.1 Å². The Balaban J connectivity index is 0.995. The third kappa shape index (κ3) is 5.86. The molecule has 320 valence electrons. The van der Waals surface area contributed by atoms with E-state index in [4.69, 9.17) is 0 Å². The Morgan fingerprint density at radius 1 is 0.381 bits per heavy atom. The number of anilines is 3. The van der Waals surface area contributed by atoms with E-state index in [-0.39, 0.29) is 27.1 Å². The van der Waals surface area contributed by atoms with Gasteiger partial charge in [-0.2, -0.15) is 0 Å². The van der Waals surface area contributed by atoms with Gasteiger partial charge in [-0.25, -0.2) is 0 Å². The van der Waals surface area contributed by atoms with Crippen molar-refractivity contribution in [3.63, 3.8) is 0 Å². The fourth-order valence-electron chi connectivity index (χ4n) is 14.9. The summed E-state index contributed by atoms with van der Waals surface area (Å²) in [6.07, 6.45) is 12.0. The Kier molecular flexibility index (Phi) is 8.55. The molecule has 4 bridgehead atoms. The third-order valence-corrected chi connectivity index (χ3v) is 18.4. The molecule has 0 aromatic heterocycles. The zero-order valence-electron chi connectivity index (χ0n) is 39.2. The standard InChI is InChI=1S/C62H67N/c1-58(2)28-30-60(5,6)54-37-43(20-26-51(54)58)41-16-22-47(23-17-41)63(48-24-18-42(19-25-48)44-21-27-52-55(38-44)61(7,8)31-29-59(52,3)4)56-15-11-14-53-57(56)49-12-9-10-13-50(49)62(53)45-33-39-32-40(35-45)36-46(62)34-39/h9-27,37-40,45-46H,28-36H2,1-8H3. The monoisotopic (exact) mass is 826 g/mol. The van der Waals surface area contributed by atoms with Crippen LogP contribution in [0.4, 0.5) is 17.1 Å². The molecule has 0 heterocycles. The maximum Gasteiger partial charge on any atom is 0.0543 e. The molecule has 63 heavy (non-hydrogen) atoms. The smallest absolute Gasteiger partial charge is 0.0543 e. The van der Waals surface area contributed by atoms with Crippen molar-refractivity contribution in [1.29, 1.82) is 0 Å². The highest BCUT2D eigenvalue weighted by molar-refractivity contribution is 5.96. The Morgan fingerprint density at radius 2 is 0.810 bits per heavy atom. The summed E-state index contributed by atoms with van der Waals surface area (Å²) in [5.74, 6) is 3.31. The maximum absolute atomic E-state index is 2.59. The van der Waals surface area contributed by atoms with E-state index in [9.17, 15) is 0 Å². The molecule has 1 heteroatoms. The summed E-state index contributed by atoms with van der Waals surface area (Å²) in [5, 5.41) is 0. The van der Waals surface area contributed by atoms with Crippen molar-refractivity contribution in [3.8, 4) is 33.4 Å². The van der Waals surface area contributed by atoms with Crippen molar-refractivity contribution in [2.24, 2.45) is 23.7 Å². The van der Waals surface area contributed by atoms with Gasteiger partial charge in [0.1, 0.15) is 0 Å². The van der Waals surface area contributed by atoms with Gasteiger partial charge in [-0.15, -0.1) is 0 Å². The molecule has 0 saturated heterocycles. The summed E-state index contributed by atoms with van der Waals surface area (Å²) in [6, 6.07) is 50.7. The summed E-state index contributed by atoms with van der Waals surface area (Å²) >= 11 is 0. The molecule has 1 nitrogen and oxygen atoms in total. The van der Waals surface area contributed by atoms with Crippen molar-refractivity contribution in [3.05, 3.63) is 161 Å². The lowest BCUT2D eigenvalue weighted by Crippen LogP contribution is -2.55. The number of benzene rings is 6. The number of nitrogens with zero attached hydrogens (tertiary/aromatic N) is 1. The first-order chi connectivity index (χ1) is 30.1. The molecule has 0 unspecified atom stereocenters. The van der Waals surface area contributed by atoms with Crippen LogP contribution < -0.4 is 4.90 Å². The second kappa shape index (κ2) is 13.6. The van der Waals surface area contributed by atoms with E-state index in [0.29, 0.717) is 0 Å². The van der Waals surface area contributed by atoms with Crippen molar-refractivity contribution in [2.45, 2.75) is 140 Å². The molecular weight excluding hydrogens is 759 g/mol. The molecule has 4 fully saturated rings. The summed E-state index contributed by atoms with van der Waals surface area (Å²) in [6.45, 7) is 19.5. The Hall–Kier alpha value is -4.88. The van der Waals surface area contributed by atoms with E-state index < -0.39 is 0 Å². The van der Waals surface area contributed by atoms with Crippen LogP contribution in [0.3, 0.4) is 0 Å². The number of hydrogen-bond donors (Lipinski definition) is 0. The topological polar surface area (TPSA) is 3.24 Å². The molecule has 0 amide bonds. The fraction of sp³-hybridized carbons (Fsp3) is 0.419. The molecule has 0 radical (unpaired) electrons. The molecule has 0 atom stereocenters. The summed E-state index contributed by atoms with van der Waals surface area (Å²) in [7, 11) is 0. The van der Waals surface area contributed by atoms with Gasteiger partial charge < -0.3 is 4.90 Å². The summed E-state index contributed by atoms with van der Waals surface area (Å²) < 4.78 is 0. The van der Waals surface area contributed by atoms with Gasteiger partial charge in [0.15, 0.2) is 0 Å². The predicted octanol–water partition coefficient (Wildman–Crippen LogP) is 16.9. The molecule has 1 spiro atoms. The SMILES string of the molecule is CC1(C)CCC(C)(C)c2cc(-c3ccc(N(c4ccc(-c5ccc6c(c5)C(C)(C)CCC6(C)C)cc4)c4cccc5c4-c4ccccc4C54C5CC6CC(C5)CC4C6)cc3)ccc21. The van der Waals surface area contributed by atoms with Gasteiger partial charge in [-0.3, -0.25) is 0 Å². The Morgan fingerprint density at radius 3 is 1.30 bits per heavy atom. The molecule has 6 aromatic carbocycles. The maximum atomic E-state index is 2.59. The van der Waals surface area contributed by atoms with Gasteiger partial charge in [0.2, 0.25) is 0 Å². The van der Waals surface area contributed by atoms with E-state index >= 15 is 0 Å².